The van der Waals surface area contributed by atoms with Crippen molar-refractivity contribution in [3.8, 4) is 0 Å². The predicted molar refractivity (Wildman–Crippen MR) is 64.9 cm³/mol. The molecule has 0 bridgehead atoms. The van der Waals surface area contributed by atoms with Crippen LogP contribution in [0.3, 0.4) is 0 Å². The number of aromatic nitrogens is 2. The van der Waals surface area contributed by atoms with Crippen LogP contribution in [0.1, 0.15) is 20.8 Å². The molecule has 8 heteroatoms. The van der Waals surface area contributed by atoms with Crippen molar-refractivity contribution in [3.63, 3.8) is 0 Å². The lowest BCUT2D eigenvalue weighted by Crippen LogP contribution is -2.14. The Hall–Kier alpha value is -2.41. The fourth-order valence-electron chi connectivity index (χ4n) is 1.36. The summed E-state index contributed by atoms with van der Waals surface area (Å²) in [6, 6.07) is 5.10. The van der Waals surface area contributed by atoms with Crippen molar-refractivity contribution in [1.82, 2.24) is 10.2 Å². The molecule has 0 saturated carbocycles. The first-order valence-electron chi connectivity index (χ1n) is 5.03. The van der Waals surface area contributed by atoms with E-state index in [-0.39, 0.29) is 22.1 Å². The lowest BCUT2D eigenvalue weighted by molar-refractivity contribution is 0.0690. The molecule has 19 heavy (non-hydrogen) atoms. The second-order valence-corrected chi connectivity index (χ2v) is 3.93. The van der Waals surface area contributed by atoms with Crippen LogP contribution in [0.15, 0.2) is 24.3 Å². The Morgan fingerprint density at radius 1 is 1.42 bits per heavy atom. The number of nitrogens with zero attached hydrogens (tertiary/aromatic N) is 1. The van der Waals surface area contributed by atoms with Gasteiger partial charge in [0.05, 0.1) is 10.6 Å². The minimum absolute atomic E-state index is 0.0261. The number of aromatic carboxylic acids is 1. The number of H-pyrrole nitrogens is 1. The summed E-state index contributed by atoms with van der Waals surface area (Å²) in [4.78, 5) is 22.4. The maximum absolute atomic E-state index is 13.6. The van der Waals surface area contributed by atoms with Crippen molar-refractivity contribution < 1.29 is 19.1 Å². The van der Waals surface area contributed by atoms with Gasteiger partial charge in [0.15, 0.2) is 11.6 Å². The Balaban J connectivity index is 2.21. The van der Waals surface area contributed by atoms with Gasteiger partial charge in [-0.1, -0.05) is 17.7 Å². The summed E-state index contributed by atoms with van der Waals surface area (Å²) in [5.41, 5.74) is -0.450. The van der Waals surface area contributed by atoms with Crippen LogP contribution >= 0.6 is 11.6 Å². The highest BCUT2D eigenvalue weighted by molar-refractivity contribution is 6.31. The number of carboxylic acid groups (broad SMARTS) is 1. The number of aromatic amines is 1. The zero-order valence-corrected chi connectivity index (χ0v) is 10.0. The SMILES string of the molecule is O=C(O)c1cc(NC(=O)c2cccc(Cl)c2F)n[nH]1. The van der Waals surface area contributed by atoms with Gasteiger partial charge in [0.1, 0.15) is 5.69 Å². The van der Waals surface area contributed by atoms with Gasteiger partial charge in [-0.05, 0) is 12.1 Å². The molecule has 3 N–H and O–H groups in total. The third kappa shape index (κ3) is 2.71. The maximum atomic E-state index is 13.6. The van der Waals surface area contributed by atoms with Gasteiger partial charge < -0.3 is 10.4 Å². The topological polar surface area (TPSA) is 95.1 Å². The molecular weight excluding hydrogens is 277 g/mol. The second kappa shape index (κ2) is 5.07. The molecule has 6 nitrogen and oxygen atoms in total. The number of amides is 1. The molecule has 0 aliphatic rings. The quantitative estimate of drug-likeness (QED) is 0.804. The molecule has 0 atom stereocenters. The molecule has 0 fully saturated rings. The first-order valence-corrected chi connectivity index (χ1v) is 5.41. The zero-order valence-electron chi connectivity index (χ0n) is 9.28. The molecule has 1 heterocycles. The molecule has 1 aromatic heterocycles. The van der Waals surface area contributed by atoms with Crippen molar-refractivity contribution in [1.29, 1.82) is 0 Å². The van der Waals surface area contributed by atoms with Gasteiger partial charge in [0.2, 0.25) is 0 Å². The highest BCUT2D eigenvalue weighted by atomic mass is 35.5. The summed E-state index contributed by atoms with van der Waals surface area (Å²) < 4.78 is 13.6. The van der Waals surface area contributed by atoms with Crippen LogP contribution < -0.4 is 5.32 Å². The molecule has 2 aromatic rings. The van der Waals surface area contributed by atoms with Crippen LogP contribution in [0, 0.1) is 5.82 Å². The van der Waals surface area contributed by atoms with E-state index in [4.69, 9.17) is 16.7 Å². The van der Waals surface area contributed by atoms with Gasteiger partial charge in [-0.15, -0.1) is 0 Å². The van der Waals surface area contributed by atoms with Crippen molar-refractivity contribution in [2.75, 3.05) is 5.32 Å². The summed E-state index contributed by atoms with van der Waals surface area (Å²) >= 11 is 5.55. The van der Waals surface area contributed by atoms with Crippen molar-refractivity contribution in [3.05, 3.63) is 46.4 Å². The van der Waals surface area contributed by atoms with Crippen molar-refractivity contribution in [2.45, 2.75) is 0 Å². The number of hydrogen-bond acceptors (Lipinski definition) is 3. The van der Waals surface area contributed by atoms with Crippen LogP contribution in [0.25, 0.3) is 0 Å². The fourth-order valence-corrected chi connectivity index (χ4v) is 1.53. The summed E-state index contributed by atoms with van der Waals surface area (Å²) in [5.74, 6) is -2.87. The molecule has 98 valence electrons. The molecule has 0 unspecified atom stereocenters. The average Bonchev–Trinajstić information content (AvgIpc) is 2.81. The molecule has 0 spiro atoms. The van der Waals surface area contributed by atoms with Crippen molar-refractivity contribution >= 4 is 29.3 Å². The van der Waals surface area contributed by atoms with Crippen molar-refractivity contribution in [2.24, 2.45) is 0 Å². The number of carbonyl (C=O) groups is 2. The van der Waals surface area contributed by atoms with E-state index in [1.807, 2.05) is 0 Å². The summed E-state index contributed by atoms with van der Waals surface area (Å²) in [5, 5.41) is 16.5. The summed E-state index contributed by atoms with van der Waals surface area (Å²) in [6.07, 6.45) is 0. The standard InChI is InChI=1S/C11H7ClFN3O3/c12-6-3-1-2-5(9(6)13)10(17)14-8-4-7(11(18)19)15-16-8/h1-4H,(H,18,19)(H2,14,15,16,17). The van der Waals surface area contributed by atoms with E-state index in [1.165, 1.54) is 18.2 Å². The molecular formula is C11H7ClFN3O3. The smallest absolute Gasteiger partial charge is 0.353 e. The third-order valence-electron chi connectivity index (χ3n) is 2.25. The van der Waals surface area contributed by atoms with Gasteiger partial charge in [0.25, 0.3) is 5.91 Å². The molecule has 0 aliphatic carbocycles. The van der Waals surface area contributed by atoms with E-state index in [9.17, 15) is 14.0 Å². The van der Waals surface area contributed by atoms with E-state index < -0.39 is 17.7 Å². The Bertz CT molecular complexity index is 656. The van der Waals surface area contributed by atoms with Gasteiger partial charge in [0, 0.05) is 6.07 Å². The number of rotatable bonds is 3. The molecule has 2 rings (SSSR count). The van der Waals surface area contributed by atoms with Crippen LogP contribution in [-0.2, 0) is 0 Å². The van der Waals surface area contributed by atoms with Gasteiger partial charge >= 0.3 is 5.97 Å². The van der Waals surface area contributed by atoms with Crippen LogP contribution in [-0.4, -0.2) is 27.2 Å². The number of anilines is 1. The van der Waals surface area contributed by atoms with Gasteiger partial charge in [-0.3, -0.25) is 9.89 Å². The average molecular weight is 284 g/mol. The monoisotopic (exact) mass is 283 g/mol. The summed E-state index contributed by atoms with van der Waals surface area (Å²) in [7, 11) is 0. The highest BCUT2D eigenvalue weighted by Gasteiger charge is 2.16. The first kappa shape index (κ1) is 13.0. The predicted octanol–water partition coefficient (Wildman–Crippen LogP) is 2.15. The maximum Gasteiger partial charge on any atom is 0.353 e. The largest absolute Gasteiger partial charge is 0.477 e. The molecule has 0 aliphatic heterocycles. The van der Waals surface area contributed by atoms with Gasteiger partial charge in [-0.2, -0.15) is 5.10 Å². The number of carboxylic acids is 1. The lowest BCUT2D eigenvalue weighted by Gasteiger charge is -2.03. The molecule has 0 radical (unpaired) electrons. The number of halogens is 2. The van der Waals surface area contributed by atoms with E-state index in [0.29, 0.717) is 0 Å². The minimum atomic E-state index is -1.22. The highest BCUT2D eigenvalue weighted by Crippen LogP contribution is 2.18. The van der Waals surface area contributed by atoms with Crippen LogP contribution in [0.2, 0.25) is 5.02 Å². The lowest BCUT2D eigenvalue weighted by atomic mass is 10.2. The molecule has 0 saturated heterocycles. The minimum Gasteiger partial charge on any atom is -0.477 e. The Labute approximate surface area is 111 Å². The first-order chi connectivity index (χ1) is 8.99. The van der Waals surface area contributed by atoms with Crippen LogP contribution in [0.4, 0.5) is 10.2 Å². The van der Waals surface area contributed by atoms with E-state index in [0.717, 1.165) is 6.07 Å². The number of benzene rings is 1. The van der Waals surface area contributed by atoms with E-state index in [2.05, 4.69) is 15.5 Å². The summed E-state index contributed by atoms with van der Waals surface area (Å²) in [6.45, 7) is 0. The molecule has 1 amide bonds. The Morgan fingerprint density at radius 2 is 2.16 bits per heavy atom. The molecule has 1 aromatic carbocycles. The zero-order chi connectivity index (χ0) is 14.0. The second-order valence-electron chi connectivity index (χ2n) is 3.53. The Kier molecular flexibility index (Phi) is 3.48. The van der Waals surface area contributed by atoms with E-state index >= 15 is 0 Å². The van der Waals surface area contributed by atoms with Gasteiger partial charge in [-0.25, -0.2) is 9.18 Å². The number of hydrogen-bond donors (Lipinski definition) is 3. The fraction of sp³-hybridized carbons (Fsp3) is 0. The third-order valence-corrected chi connectivity index (χ3v) is 2.54. The normalized spacial score (nSPS) is 10.2. The number of carbonyl (C=O) groups excluding carboxylic acids is 1. The van der Waals surface area contributed by atoms with Crippen LogP contribution in [0.5, 0.6) is 0 Å². The Morgan fingerprint density at radius 3 is 2.79 bits per heavy atom. The van der Waals surface area contributed by atoms with E-state index in [1.54, 1.807) is 0 Å². The number of nitrogens with one attached hydrogen (secondary N) is 2.